The Labute approximate surface area is 93.3 Å². The number of hydrogen-bond donors (Lipinski definition) is 1. The molecule has 2 atom stereocenters. The third kappa shape index (κ3) is 3.43. The monoisotopic (exact) mass is 203 g/mol. The van der Waals surface area contributed by atoms with Gasteiger partial charge in [-0.2, -0.15) is 0 Å². The second kappa shape index (κ2) is 5.59. The minimum Gasteiger partial charge on any atom is -0.388 e. The van der Waals surface area contributed by atoms with E-state index >= 15 is 0 Å². The molecule has 0 radical (unpaired) electrons. The van der Waals surface area contributed by atoms with Crippen molar-refractivity contribution in [2.24, 2.45) is 5.92 Å². The van der Waals surface area contributed by atoms with Crippen molar-refractivity contribution in [3.63, 3.8) is 0 Å². The molecule has 0 fully saturated rings. The Balaban J connectivity index is 2.99. The van der Waals surface area contributed by atoms with E-state index < -0.39 is 0 Å². The summed E-state index contributed by atoms with van der Waals surface area (Å²) in [6.45, 7) is 8.59. The van der Waals surface area contributed by atoms with Crippen LogP contribution in [0.25, 0.3) is 0 Å². The summed E-state index contributed by atoms with van der Waals surface area (Å²) in [5.74, 6) is 0.474. The smallest absolute Gasteiger partial charge is 0.0327 e. The predicted octanol–water partition coefficient (Wildman–Crippen LogP) is 3.58. The van der Waals surface area contributed by atoms with Gasteiger partial charge in [0.2, 0.25) is 0 Å². The molecule has 0 aliphatic carbocycles. The van der Waals surface area contributed by atoms with Crippen LogP contribution < -0.4 is 5.32 Å². The van der Waals surface area contributed by atoms with Gasteiger partial charge in [0.25, 0.3) is 0 Å². The molecule has 0 aromatic carbocycles. The lowest BCUT2D eigenvalue weighted by Crippen LogP contribution is -2.29. The van der Waals surface area contributed by atoms with Crippen LogP contribution in [0.5, 0.6) is 0 Å². The lowest BCUT2D eigenvalue weighted by atomic mass is 9.92. The van der Waals surface area contributed by atoms with Crippen molar-refractivity contribution in [1.29, 1.82) is 0 Å². The Morgan fingerprint density at radius 1 is 1.27 bits per heavy atom. The first-order valence-corrected chi connectivity index (χ1v) is 5.55. The first kappa shape index (κ1) is 11.8. The first-order chi connectivity index (χ1) is 7.15. The lowest BCUT2D eigenvalue weighted by molar-refractivity contribution is 0.535. The number of nitrogens with one attached hydrogen (secondary N) is 1. The van der Waals surface area contributed by atoms with E-state index in [4.69, 9.17) is 0 Å². The Morgan fingerprint density at radius 3 is 2.67 bits per heavy atom. The zero-order chi connectivity index (χ0) is 11.3. The fourth-order valence-corrected chi connectivity index (χ4v) is 1.78. The normalized spacial score (nSPS) is 36.5. The van der Waals surface area contributed by atoms with E-state index in [1.807, 2.05) is 6.20 Å². The molecule has 0 aromatic rings. The highest BCUT2D eigenvalue weighted by molar-refractivity contribution is 5.27. The number of hydrogen-bond acceptors (Lipinski definition) is 1. The number of rotatable bonds is 1. The minimum atomic E-state index is 0.438. The maximum atomic E-state index is 3.41. The highest BCUT2D eigenvalue weighted by Gasteiger charge is 2.14. The highest BCUT2D eigenvalue weighted by atomic mass is 14.9. The van der Waals surface area contributed by atoms with Gasteiger partial charge in [-0.05, 0) is 45.5 Å². The van der Waals surface area contributed by atoms with Crippen LogP contribution in [0, 0.1) is 5.92 Å². The Hall–Kier alpha value is -1.24. The van der Waals surface area contributed by atoms with Crippen LogP contribution in [0.4, 0.5) is 0 Å². The summed E-state index contributed by atoms with van der Waals surface area (Å²) in [7, 11) is 0. The van der Waals surface area contributed by atoms with Crippen LogP contribution in [-0.2, 0) is 0 Å². The van der Waals surface area contributed by atoms with E-state index in [2.05, 4.69) is 63.4 Å². The van der Waals surface area contributed by atoms with E-state index in [0.29, 0.717) is 12.0 Å². The SMILES string of the molecule is C/C=C\C1\C(C)=C/C=C(C)/C=C\NC1C. The summed E-state index contributed by atoms with van der Waals surface area (Å²) in [5.41, 5.74) is 2.67. The van der Waals surface area contributed by atoms with Crippen LogP contribution >= 0.6 is 0 Å². The van der Waals surface area contributed by atoms with Crippen molar-refractivity contribution in [2.75, 3.05) is 0 Å². The van der Waals surface area contributed by atoms with Crippen LogP contribution in [0.2, 0.25) is 0 Å². The lowest BCUT2D eigenvalue weighted by Gasteiger charge is -2.21. The van der Waals surface area contributed by atoms with Crippen molar-refractivity contribution in [3.05, 3.63) is 47.7 Å². The predicted molar refractivity (Wildman–Crippen MR) is 67.6 cm³/mol. The Morgan fingerprint density at radius 2 is 2.00 bits per heavy atom. The van der Waals surface area contributed by atoms with Gasteiger partial charge in [-0.15, -0.1) is 0 Å². The molecule has 1 nitrogen and oxygen atoms in total. The average Bonchev–Trinajstić information content (AvgIpc) is 2.26. The third-order valence-electron chi connectivity index (χ3n) is 2.78. The molecule has 0 saturated heterocycles. The second-order valence-corrected chi connectivity index (χ2v) is 4.16. The molecule has 1 aliphatic heterocycles. The van der Waals surface area contributed by atoms with Gasteiger partial charge in [-0.3, -0.25) is 0 Å². The van der Waals surface area contributed by atoms with Crippen LogP contribution in [0.15, 0.2) is 47.7 Å². The summed E-state index contributed by atoms with van der Waals surface area (Å²) < 4.78 is 0. The van der Waals surface area contributed by atoms with Crippen molar-refractivity contribution < 1.29 is 0 Å². The molecule has 15 heavy (non-hydrogen) atoms. The standard InChI is InChI=1S/C14H21N/c1-5-6-14-12(3)8-7-11(2)9-10-15-13(14)4/h5-10,13-15H,1-4H3/b6-5-,10-9-,11-7+,12-8-. The van der Waals surface area contributed by atoms with Crippen molar-refractivity contribution >= 4 is 0 Å². The van der Waals surface area contributed by atoms with Crippen molar-refractivity contribution in [3.8, 4) is 0 Å². The van der Waals surface area contributed by atoms with E-state index in [1.165, 1.54) is 11.1 Å². The average molecular weight is 203 g/mol. The molecular weight excluding hydrogens is 182 g/mol. The van der Waals surface area contributed by atoms with Crippen LogP contribution in [-0.4, -0.2) is 6.04 Å². The molecule has 0 aromatic heterocycles. The van der Waals surface area contributed by atoms with Gasteiger partial charge in [-0.25, -0.2) is 0 Å². The molecule has 1 N–H and O–H groups in total. The van der Waals surface area contributed by atoms with Gasteiger partial charge >= 0.3 is 0 Å². The van der Waals surface area contributed by atoms with Gasteiger partial charge in [0.05, 0.1) is 0 Å². The first-order valence-electron chi connectivity index (χ1n) is 5.55. The maximum Gasteiger partial charge on any atom is 0.0327 e. The van der Waals surface area contributed by atoms with E-state index in [1.54, 1.807) is 0 Å². The molecule has 0 spiro atoms. The molecule has 0 bridgehead atoms. The molecule has 82 valence electrons. The fourth-order valence-electron chi connectivity index (χ4n) is 1.78. The highest BCUT2D eigenvalue weighted by Crippen LogP contribution is 2.18. The molecular formula is C14H21N. The maximum absolute atomic E-state index is 3.41. The van der Waals surface area contributed by atoms with E-state index in [0.717, 1.165) is 0 Å². The third-order valence-corrected chi connectivity index (χ3v) is 2.78. The van der Waals surface area contributed by atoms with Crippen molar-refractivity contribution in [1.82, 2.24) is 5.32 Å². The second-order valence-electron chi connectivity index (χ2n) is 4.16. The van der Waals surface area contributed by atoms with Gasteiger partial charge in [0.1, 0.15) is 0 Å². The summed E-state index contributed by atoms with van der Waals surface area (Å²) in [5, 5.41) is 3.41. The van der Waals surface area contributed by atoms with Gasteiger partial charge in [-0.1, -0.05) is 29.9 Å². The topological polar surface area (TPSA) is 12.0 Å². The quantitative estimate of drug-likeness (QED) is 0.642. The summed E-state index contributed by atoms with van der Waals surface area (Å²) in [6, 6.07) is 0.438. The van der Waals surface area contributed by atoms with Gasteiger partial charge in [0.15, 0.2) is 0 Å². The van der Waals surface area contributed by atoms with E-state index in [-0.39, 0.29) is 0 Å². The summed E-state index contributed by atoms with van der Waals surface area (Å²) >= 11 is 0. The van der Waals surface area contributed by atoms with Gasteiger partial charge in [0, 0.05) is 12.0 Å². The van der Waals surface area contributed by atoms with Crippen LogP contribution in [0.3, 0.4) is 0 Å². The summed E-state index contributed by atoms with van der Waals surface area (Å²) in [6.07, 6.45) is 12.9. The van der Waals surface area contributed by atoms with Gasteiger partial charge < -0.3 is 5.32 Å². The molecule has 0 amide bonds. The van der Waals surface area contributed by atoms with E-state index in [9.17, 15) is 0 Å². The summed E-state index contributed by atoms with van der Waals surface area (Å²) in [4.78, 5) is 0. The Kier molecular flexibility index (Phi) is 4.41. The molecule has 1 rings (SSSR count). The Bertz CT molecular complexity index is 318. The van der Waals surface area contributed by atoms with Crippen molar-refractivity contribution in [2.45, 2.75) is 33.7 Å². The molecule has 2 unspecified atom stereocenters. The molecule has 1 heteroatoms. The largest absolute Gasteiger partial charge is 0.388 e. The number of allylic oxidation sites excluding steroid dienone is 5. The molecule has 1 heterocycles. The zero-order valence-corrected chi connectivity index (χ0v) is 10.1. The molecule has 1 aliphatic rings. The fraction of sp³-hybridized carbons (Fsp3) is 0.429. The zero-order valence-electron chi connectivity index (χ0n) is 10.1. The minimum absolute atomic E-state index is 0.438. The van der Waals surface area contributed by atoms with Crippen LogP contribution in [0.1, 0.15) is 27.7 Å². The molecule has 0 saturated carbocycles.